The second-order valence-corrected chi connectivity index (χ2v) is 5.45. The fourth-order valence-corrected chi connectivity index (χ4v) is 2.50. The zero-order valence-electron chi connectivity index (χ0n) is 10.4. The molecule has 0 aliphatic heterocycles. The fourth-order valence-electron chi connectivity index (χ4n) is 1.89. The van der Waals surface area contributed by atoms with Gasteiger partial charge in [0, 0.05) is 10.0 Å². The van der Waals surface area contributed by atoms with Crippen molar-refractivity contribution in [3.8, 4) is 5.69 Å². The molecule has 1 heterocycles. The monoisotopic (exact) mass is 327 g/mol. The Balaban J connectivity index is 2.50. The molecule has 5 heteroatoms. The molecule has 0 saturated heterocycles. The molecule has 0 spiro atoms. The number of hydrogen-bond donors (Lipinski definition) is 1. The van der Waals surface area contributed by atoms with E-state index in [0.29, 0.717) is 11.7 Å². The molecule has 0 atom stereocenters. The smallest absolute Gasteiger partial charge is 0.136 e. The van der Waals surface area contributed by atoms with Gasteiger partial charge in [-0.3, -0.25) is 0 Å². The van der Waals surface area contributed by atoms with Crippen molar-refractivity contribution >= 4 is 27.5 Å². The molecule has 0 radical (unpaired) electrons. The summed E-state index contributed by atoms with van der Waals surface area (Å²) in [7, 11) is 0. The van der Waals surface area contributed by atoms with Crippen LogP contribution in [0, 0.1) is 13.8 Å². The molecule has 2 aromatic rings. The Bertz CT molecular complexity index is 578. The van der Waals surface area contributed by atoms with E-state index in [2.05, 4.69) is 27.1 Å². The summed E-state index contributed by atoms with van der Waals surface area (Å²) in [6, 6.07) is 6.04. The van der Waals surface area contributed by atoms with E-state index in [1.807, 2.05) is 26.0 Å². The molecule has 96 valence electrons. The number of benzene rings is 1. The number of aromatic nitrogens is 2. The topological polar surface area (TPSA) is 43.8 Å². The minimum atomic E-state index is 0.575. The van der Waals surface area contributed by atoms with Crippen LogP contribution in [-0.2, 0) is 6.42 Å². The Hall–Kier alpha value is -0.840. The van der Waals surface area contributed by atoms with E-state index in [-0.39, 0.29) is 0 Å². The van der Waals surface area contributed by atoms with Crippen LogP contribution in [0.15, 0.2) is 22.7 Å². The van der Waals surface area contributed by atoms with E-state index in [9.17, 15) is 0 Å². The molecule has 0 bridgehead atoms. The summed E-state index contributed by atoms with van der Waals surface area (Å²) < 4.78 is 2.84. The van der Waals surface area contributed by atoms with Crippen molar-refractivity contribution in [1.29, 1.82) is 0 Å². The zero-order chi connectivity index (χ0) is 13.3. The van der Waals surface area contributed by atoms with Crippen LogP contribution in [0.2, 0.25) is 5.15 Å². The normalized spacial score (nSPS) is 10.9. The van der Waals surface area contributed by atoms with Gasteiger partial charge in [0.1, 0.15) is 5.15 Å². The van der Waals surface area contributed by atoms with E-state index < -0.39 is 0 Å². The lowest BCUT2D eigenvalue weighted by molar-refractivity contribution is 0.862. The molecule has 2 N–H and O–H groups in total. The molecule has 0 amide bonds. The molecular formula is C13H15BrClN3. The van der Waals surface area contributed by atoms with Gasteiger partial charge >= 0.3 is 0 Å². The van der Waals surface area contributed by atoms with E-state index >= 15 is 0 Å². The zero-order valence-corrected chi connectivity index (χ0v) is 12.7. The number of aryl methyl sites for hydroxylation is 2. The van der Waals surface area contributed by atoms with Gasteiger partial charge in [-0.05, 0) is 50.6 Å². The van der Waals surface area contributed by atoms with Crippen LogP contribution in [-0.4, -0.2) is 16.3 Å². The van der Waals surface area contributed by atoms with Gasteiger partial charge in [0.05, 0.1) is 11.4 Å². The van der Waals surface area contributed by atoms with Gasteiger partial charge in [0.15, 0.2) is 0 Å². The summed E-state index contributed by atoms with van der Waals surface area (Å²) >= 11 is 9.85. The van der Waals surface area contributed by atoms with Crippen molar-refractivity contribution in [2.24, 2.45) is 5.73 Å². The average Bonchev–Trinajstić information content (AvgIpc) is 2.61. The highest BCUT2D eigenvalue weighted by atomic mass is 79.9. The Morgan fingerprint density at radius 3 is 2.72 bits per heavy atom. The Morgan fingerprint density at radius 2 is 2.11 bits per heavy atom. The van der Waals surface area contributed by atoms with Crippen LogP contribution in [0.3, 0.4) is 0 Å². The quantitative estimate of drug-likeness (QED) is 0.938. The third-order valence-electron chi connectivity index (χ3n) is 2.90. The molecule has 0 saturated carbocycles. The first kappa shape index (κ1) is 13.6. The molecule has 0 unspecified atom stereocenters. The summed E-state index contributed by atoms with van der Waals surface area (Å²) in [6.07, 6.45) is 0.750. The first-order chi connectivity index (χ1) is 8.54. The van der Waals surface area contributed by atoms with Crippen molar-refractivity contribution in [1.82, 2.24) is 9.78 Å². The van der Waals surface area contributed by atoms with Crippen LogP contribution < -0.4 is 5.73 Å². The van der Waals surface area contributed by atoms with Crippen molar-refractivity contribution in [3.63, 3.8) is 0 Å². The molecular weight excluding hydrogens is 314 g/mol. The van der Waals surface area contributed by atoms with Crippen molar-refractivity contribution in [2.75, 3.05) is 6.54 Å². The van der Waals surface area contributed by atoms with Crippen LogP contribution in [0.25, 0.3) is 5.69 Å². The van der Waals surface area contributed by atoms with Crippen molar-refractivity contribution in [3.05, 3.63) is 44.6 Å². The average molecular weight is 329 g/mol. The Morgan fingerprint density at radius 1 is 1.39 bits per heavy atom. The maximum Gasteiger partial charge on any atom is 0.136 e. The maximum atomic E-state index is 6.37. The summed E-state index contributed by atoms with van der Waals surface area (Å²) in [4.78, 5) is 0. The maximum absolute atomic E-state index is 6.37. The summed E-state index contributed by atoms with van der Waals surface area (Å²) in [5, 5.41) is 5.14. The molecule has 0 aliphatic rings. The first-order valence-electron chi connectivity index (χ1n) is 5.75. The van der Waals surface area contributed by atoms with Gasteiger partial charge in [-0.1, -0.05) is 27.5 Å². The molecule has 18 heavy (non-hydrogen) atoms. The summed E-state index contributed by atoms with van der Waals surface area (Å²) in [5.41, 5.74) is 9.67. The van der Waals surface area contributed by atoms with E-state index in [1.54, 1.807) is 4.68 Å². The molecule has 0 aliphatic carbocycles. The van der Waals surface area contributed by atoms with Crippen LogP contribution >= 0.6 is 27.5 Å². The SMILES string of the molecule is Cc1cc(-n2nc(C)c(CCN)c2Cl)ccc1Br. The Kier molecular flexibility index (Phi) is 4.10. The third kappa shape index (κ3) is 2.46. The minimum absolute atomic E-state index is 0.575. The first-order valence-corrected chi connectivity index (χ1v) is 6.92. The fraction of sp³-hybridized carbons (Fsp3) is 0.308. The molecule has 2 rings (SSSR count). The van der Waals surface area contributed by atoms with Crippen molar-refractivity contribution < 1.29 is 0 Å². The number of nitrogens with zero attached hydrogens (tertiary/aromatic N) is 2. The van der Waals surface area contributed by atoms with Gasteiger partial charge in [-0.25, -0.2) is 4.68 Å². The molecule has 1 aromatic carbocycles. The van der Waals surface area contributed by atoms with Gasteiger partial charge in [0.2, 0.25) is 0 Å². The lowest BCUT2D eigenvalue weighted by Gasteiger charge is -2.06. The number of halogens is 2. The summed E-state index contributed by atoms with van der Waals surface area (Å²) in [5.74, 6) is 0. The largest absolute Gasteiger partial charge is 0.330 e. The molecule has 3 nitrogen and oxygen atoms in total. The highest BCUT2D eigenvalue weighted by molar-refractivity contribution is 9.10. The molecule has 1 aromatic heterocycles. The van der Waals surface area contributed by atoms with E-state index in [1.165, 1.54) is 0 Å². The van der Waals surface area contributed by atoms with E-state index in [4.69, 9.17) is 17.3 Å². The number of hydrogen-bond acceptors (Lipinski definition) is 2. The second-order valence-electron chi connectivity index (χ2n) is 4.24. The van der Waals surface area contributed by atoms with Gasteiger partial charge < -0.3 is 5.73 Å². The second kappa shape index (κ2) is 5.43. The lowest BCUT2D eigenvalue weighted by atomic mass is 10.2. The van der Waals surface area contributed by atoms with E-state index in [0.717, 1.165) is 33.4 Å². The lowest BCUT2D eigenvalue weighted by Crippen LogP contribution is -2.03. The van der Waals surface area contributed by atoms with Crippen LogP contribution in [0.5, 0.6) is 0 Å². The predicted octanol–water partition coefficient (Wildman–Crippen LogP) is 3.41. The van der Waals surface area contributed by atoms with Gasteiger partial charge in [-0.2, -0.15) is 5.10 Å². The highest BCUT2D eigenvalue weighted by Gasteiger charge is 2.14. The minimum Gasteiger partial charge on any atom is -0.330 e. The summed E-state index contributed by atoms with van der Waals surface area (Å²) in [6.45, 7) is 4.57. The third-order valence-corrected chi connectivity index (χ3v) is 4.18. The Labute approximate surface area is 120 Å². The van der Waals surface area contributed by atoms with Gasteiger partial charge in [0.25, 0.3) is 0 Å². The number of rotatable bonds is 3. The highest BCUT2D eigenvalue weighted by Crippen LogP contribution is 2.26. The van der Waals surface area contributed by atoms with Crippen LogP contribution in [0.1, 0.15) is 16.8 Å². The predicted molar refractivity (Wildman–Crippen MR) is 78.5 cm³/mol. The van der Waals surface area contributed by atoms with Crippen molar-refractivity contribution in [2.45, 2.75) is 20.3 Å². The van der Waals surface area contributed by atoms with Gasteiger partial charge in [-0.15, -0.1) is 0 Å². The standard InChI is InChI=1S/C13H15BrClN3/c1-8-7-10(3-4-12(8)14)18-13(15)11(5-6-16)9(2)17-18/h3-4,7H,5-6,16H2,1-2H3. The molecule has 0 fully saturated rings. The number of nitrogens with two attached hydrogens (primary N) is 1. The van der Waals surface area contributed by atoms with Crippen LogP contribution in [0.4, 0.5) is 0 Å².